The first-order valence-corrected chi connectivity index (χ1v) is 16.5. The molecule has 0 fully saturated rings. The number of nitrogens with one attached hydrogen (secondary N) is 2. The minimum atomic E-state index is 0.332. The van der Waals surface area contributed by atoms with Crippen molar-refractivity contribution in [1.82, 2.24) is 15.0 Å². The lowest BCUT2D eigenvalue weighted by Gasteiger charge is -2.18. The molecule has 0 aliphatic rings. The third kappa shape index (κ3) is 5.89. The molecule has 236 valence electrons. The van der Waals surface area contributed by atoms with Gasteiger partial charge in [-0.05, 0) is 50.4 Å². The molecule has 5 heteroatoms. The monoisotopic (exact) mass is 641 g/mol. The van der Waals surface area contributed by atoms with E-state index in [2.05, 4.69) is 60.7 Å². The van der Waals surface area contributed by atoms with Gasteiger partial charge in [-0.3, -0.25) is 0 Å². The lowest BCUT2D eigenvalue weighted by Crippen LogP contribution is -2.02. The summed E-state index contributed by atoms with van der Waals surface area (Å²) < 4.78 is 0. The summed E-state index contributed by atoms with van der Waals surface area (Å²) >= 11 is 0. The Morgan fingerprint density at radius 3 is 1.22 bits per heavy atom. The van der Waals surface area contributed by atoms with Crippen LogP contribution in [-0.4, -0.2) is 26.4 Å². The highest BCUT2D eigenvalue weighted by Crippen LogP contribution is 2.44. The molecule has 0 radical (unpaired) electrons. The Hall–Kier alpha value is -6.85. The summed E-state index contributed by atoms with van der Waals surface area (Å²) in [6, 6.07) is 54.6. The third-order valence-electron chi connectivity index (χ3n) is 8.84. The van der Waals surface area contributed by atoms with Crippen LogP contribution >= 0.6 is 0 Å². The zero-order chi connectivity index (χ0) is 33.9. The first-order chi connectivity index (χ1) is 24.6. The van der Waals surface area contributed by atoms with E-state index in [1.165, 1.54) is 0 Å². The van der Waals surface area contributed by atoms with E-state index in [1.54, 1.807) is 12.2 Å². The van der Waals surface area contributed by atoms with Crippen molar-refractivity contribution >= 4 is 33.0 Å². The Bertz CT molecular complexity index is 2480. The first-order valence-electron chi connectivity index (χ1n) is 16.5. The molecule has 7 aromatic carbocycles. The van der Waals surface area contributed by atoms with E-state index in [4.69, 9.17) is 25.8 Å². The van der Waals surface area contributed by atoms with E-state index >= 15 is 0 Å². The van der Waals surface area contributed by atoms with E-state index in [0.717, 1.165) is 60.5 Å². The average Bonchev–Trinajstić information content (AvgIpc) is 3.20. The summed E-state index contributed by atoms with van der Waals surface area (Å²) in [5.41, 5.74) is 7.02. The molecule has 5 nitrogen and oxygen atoms in total. The van der Waals surface area contributed by atoms with Crippen LogP contribution < -0.4 is 0 Å². The van der Waals surface area contributed by atoms with Gasteiger partial charge in [0.05, 0.1) is 11.4 Å². The average molecular weight is 642 g/mol. The van der Waals surface area contributed by atoms with E-state index in [1.807, 2.05) is 103 Å². The van der Waals surface area contributed by atoms with Gasteiger partial charge in [-0.25, -0.2) is 15.0 Å². The summed E-state index contributed by atoms with van der Waals surface area (Å²) in [4.78, 5) is 15.3. The minimum Gasteiger partial charge on any atom is -0.300 e. The minimum absolute atomic E-state index is 0.332. The largest absolute Gasteiger partial charge is 0.300 e. The highest BCUT2D eigenvalue weighted by Gasteiger charge is 2.21. The summed E-state index contributed by atoms with van der Waals surface area (Å²) in [6.45, 7) is 0. The highest BCUT2D eigenvalue weighted by molar-refractivity contribution is 6.21. The molecular weight excluding hydrogens is 611 g/mol. The maximum atomic E-state index is 8.78. The summed E-state index contributed by atoms with van der Waals surface area (Å²) in [6.07, 6.45) is 3.36. The van der Waals surface area contributed by atoms with Crippen LogP contribution in [0.4, 0.5) is 0 Å². The van der Waals surface area contributed by atoms with Crippen molar-refractivity contribution < 1.29 is 0 Å². The third-order valence-corrected chi connectivity index (χ3v) is 8.84. The number of fused-ring (bicyclic) bond motifs is 3. The number of hydrogen-bond acceptors (Lipinski definition) is 5. The SMILES string of the molecule is N=C(/C=C\C(=N)c1ccc(-c2c(-c3nc(-c4ccccc4)nc(-c4ccccc4)n3)c3ccccc3c3ccccc23)cc1)c1ccccc1. The molecule has 0 bridgehead atoms. The summed E-state index contributed by atoms with van der Waals surface area (Å²) in [5.74, 6) is 1.80. The molecule has 0 unspecified atom stereocenters. The van der Waals surface area contributed by atoms with Crippen molar-refractivity contribution in [3.05, 3.63) is 187 Å². The maximum Gasteiger partial charge on any atom is 0.165 e. The van der Waals surface area contributed by atoms with E-state index in [-0.39, 0.29) is 0 Å². The normalized spacial score (nSPS) is 11.3. The van der Waals surface area contributed by atoms with Crippen LogP contribution in [0.3, 0.4) is 0 Å². The van der Waals surface area contributed by atoms with Gasteiger partial charge in [0.15, 0.2) is 17.5 Å². The molecule has 8 rings (SSSR count). The van der Waals surface area contributed by atoms with Gasteiger partial charge in [-0.2, -0.15) is 0 Å². The van der Waals surface area contributed by atoms with Crippen LogP contribution in [-0.2, 0) is 0 Å². The number of rotatable bonds is 8. The fourth-order valence-corrected chi connectivity index (χ4v) is 6.39. The van der Waals surface area contributed by atoms with Crippen molar-refractivity contribution in [2.75, 3.05) is 0 Å². The van der Waals surface area contributed by atoms with Crippen LogP contribution in [0.2, 0.25) is 0 Å². The first kappa shape index (κ1) is 30.5. The molecule has 8 aromatic rings. The zero-order valence-corrected chi connectivity index (χ0v) is 27.1. The number of nitrogens with zero attached hydrogens (tertiary/aromatic N) is 3. The van der Waals surface area contributed by atoms with E-state index in [0.29, 0.717) is 28.9 Å². The Labute approximate surface area is 290 Å². The highest BCUT2D eigenvalue weighted by atomic mass is 15.0. The lowest BCUT2D eigenvalue weighted by atomic mass is 9.87. The fourth-order valence-electron chi connectivity index (χ4n) is 6.39. The van der Waals surface area contributed by atoms with Gasteiger partial charge in [-0.1, -0.05) is 164 Å². The maximum absolute atomic E-state index is 8.78. The second-order valence-electron chi connectivity index (χ2n) is 12.0. The standard InChI is InChI=1S/C45H31N5/c46-39(30-14-4-1-5-15-30)28-29-40(47)31-24-26-32(27-25-31)41-37-22-12-10-20-35(37)36-21-11-13-23-38(36)42(41)45-49-43(33-16-6-2-7-17-33)48-44(50-45)34-18-8-3-9-19-34/h1-29,46-47H/b29-28-,46-39?,47-40?. The number of allylic oxidation sites excluding steroid dienone is 2. The number of benzene rings is 7. The van der Waals surface area contributed by atoms with Gasteiger partial charge in [0.2, 0.25) is 0 Å². The molecule has 0 saturated carbocycles. The summed E-state index contributed by atoms with van der Waals surface area (Å²) in [5, 5.41) is 21.6. The van der Waals surface area contributed by atoms with Crippen LogP contribution in [0.5, 0.6) is 0 Å². The Kier molecular flexibility index (Phi) is 8.13. The van der Waals surface area contributed by atoms with Crippen molar-refractivity contribution in [3.8, 4) is 45.3 Å². The van der Waals surface area contributed by atoms with Gasteiger partial charge < -0.3 is 10.8 Å². The van der Waals surface area contributed by atoms with Crippen molar-refractivity contribution in [1.29, 1.82) is 10.8 Å². The van der Waals surface area contributed by atoms with Crippen molar-refractivity contribution in [2.45, 2.75) is 0 Å². The Balaban J connectivity index is 1.32. The number of aromatic nitrogens is 3. The molecule has 0 saturated heterocycles. The van der Waals surface area contributed by atoms with Crippen LogP contribution in [0.25, 0.3) is 66.8 Å². The van der Waals surface area contributed by atoms with Gasteiger partial charge in [0.25, 0.3) is 0 Å². The van der Waals surface area contributed by atoms with Gasteiger partial charge in [-0.15, -0.1) is 0 Å². The van der Waals surface area contributed by atoms with E-state index in [9.17, 15) is 0 Å². The lowest BCUT2D eigenvalue weighted by molar-refractivity contribution is 1.08. The molecule has 1 heterocycles. The second-order valence-corrected chi connectivity index (χ2v) is 12.0. The molecule has 1 aromatic heterocycles. The van der Waals surface area contributed by atoms with Crippen LogP contribution in [0, 0.1) is 10.8 Å². The van der Waals surface area contributed by atoms with Gasteiger partial charge in [0, 0.05) is 22.3 Å². The molecule has 0 spiro atoms. The Morgan fingerprint density at radius 1 is 0.340 bits per heavy atom. The predicted molar refractivity (Wildman–Crippen MR) is 206 cm³/mol. The van der Waals surface area contributed by atoms with Crippen molar-refractivity contribution in [3.63, 3.8) is 0 Å². The molecular formula is C45H31N5. The van der Waals surface area contributed by atoms with Gasteiger partial charge >= 0.3 is 0 Å². The molecule has 50 heavy (non-hydrogen) atoms. The number of hydrogen-bond donors (Lipinski definition) is 2. The van der Waals surface area contributed by atoms with Gasteiger partial charge in [0.1, 0.15) is 0 Å². The predicted octanol–water partition coefficient (Wildman–Crippen LogP) is 10.8. The van der Waals surface area contributed by atoms with E-state index < -0.39 is 0 Å². The molecule has 0 atom stereocenters. The smallest absolute Gasteiger partial charge is 0.165 e. The second kappa shape index (κ2) is 13.3. The fraction of sp³-hybridized carbons (Fsp3) is 0. The molecule has 0 amide bonds. The molecule has 2 N–H and O–H groups in total. The van der Waals surface area contributed by atoms with Crippen LogP contribution in [0.15, 0.2) is 176 Å². The van der Waals surface area contributed by atoms with Crippen molar-refractivity contribution in [2.24, 2.45) is 0 Å². The Morgan fingerprint density at radius 2 is 0.720 bits per heavy atom. The summed E-state index contributed by atoms with van der Waals surface area (Å²) in [7, 11) is 0. The quantitative estimate of drug-likeness (QED) is 0.128. The topological polar surface area (TPSA) is 86.4 Å². The van der Waals surface area contributed by atoms with Crippen LogP contribution in [0.1, 0.15) is 11.1 Å². The molecule has 0 aliphatic heterocycles. The zero-order valence-electron chi connectivity index (χ0n) is 27.1. The molecule has 0 aliphatic carbocycles.